The molecule has 2 aliphatic carbocycles. The third-order valence-electron chi connectivity index (χ3n) is 4.38. The minimum absolute atomic E-state index is 0.0553. The monoisotopic (exact) mass is 224 g/mol. The van der Waals surface area contributed by atoms with Crippen molar-refractivity contribution in [2.24, 2.45) is 5.41 Å². The van der Waals surface area contributed by atoms with Gasteiger partial charge in [-0.1, -0.05) is 32.6 Å². The second kappa shape index (κ2) is 4.87. The van der Waals surface area contributed by atoms with E-state index in [1.165, 1.54) is 19.3 Å². The molecule has 2 aliphatic rings. The molecular weight excluding hydrogens is 200 g/mol. The standard InChI is InChI=1S/C14H24O2/c1-3-7-11(2)16-13-10-12(15)14(13)8-5-4-6-9-14/h11,13H,3-10H2,1-2H3. The first-order valence-corrected chi connectivity index (χ1v) is 6.88. The van der Waals surface area contributed by atoms with Gasteiger partial charge in [-0.2, -0.15) is 0 Å². The highest BCUT2D eigenvalue weighted by Gasteiger charge is 2.55. The smallest absolute Gasteiger partial charge is 0.144 e. The molecule has 1 spiro atoms. The molecule has 0 bridgehead atoms. The van der Waals surface area contributed by atoms with Gasteiger partial charge in [0.1, 0.15) is 5.78 Å². The number of ketones is 1. The van der Waals surface area contributed by atoms with E-state index >= 15 is 0 Å². The van der Waals surface area contributed by atoms with Gasteiger partial charge in [-0.15, -0.1) is 0 Å². The Bertz CT molecular complexity index is 253. The van der Waals surface area contributed by atoms with Gasteiger partial charge in [0.25, 0.3) is 0 Å². The van der Waals surface area contributed by atoms with Crippen molar-refractivity contribution >= 4 is 5.78 Å². The molecule has 0 radical (unpaired) electrons. The fourth-order valence-electron chi connectivity index (χ4n) is 3.33. The molecule has 0 saturated heterocycles. The number of hydrogen-bond acceptors (Lipinski definition) is 2. The van der Waals surface area contributed by atoms with E-state index in [9.17, 15) is 4.79 Å². The van der Waals surface area contributed by atoms with Gasteiger partial charge in [-0.05, 0) is 26.2 Å². The van der Waals surface area contributed by atoms with Crippen molar-refractivity contribution in [3.05, 3.63) is 0 Å². The van der Waals surface area contributed by atoms with Crippen molar-refractivity contribution in [2.75, 3.05) is 0 Å². The molecule has 2 fully saturated rings. The summed E-state index contributed by atoms with van der Waals surface area (Å²) in [6.45, 7) is 4.32. The first kappa shape index (κ1) is 12.1. The Balaban J connectivity index is 1.93. The minimum atomic E-state index is -0.0553. The molecule has 0 N–H and O–H groups in total. The molecule has 92 valence electrons. The lowest BCUT2D eigenvalue weighted by Gasteiger charge is -2.50. The zero-order valence-corrected chi connectivity index (χ0v) is 10.6. The summed E-state index contributed by atoms with van der Waals surface area (Å²) in [5, 5.41) is 0. The first-order valence-electron chi connectivity index (χ1n) is 6.88. The van der Waals surface area contributed by atoms with Crippen LogP contribution in [0.2, 0.25) is 0 Å². The van der Waals surface area contributed by atoms with E-state index in [0.717, 1.165) is 25.7 Å². The van der Waals surface area contributed by atoms with Gasteiger partial charge in [0.2, 0.25) is 0 Å². The van der Waals surface area contributed by atoms with Crippen LogP contribution in [0.1, 0.15) is 65.2 Å². The normalized spacial score (nSPS) is 30.1. The lowest BCUT2D eigenvalue weighted by atomic mass is 9.57. The van der Waals surface area contributed by atoms with Crippen LogP contribution >= 0.6 is 0 Å². The molecule has 2 heteroatoms. The Morgan fingerprint density at radius 1 is 1.38 bits per heavy atom. The number of ether oxygens (including phenoxy) is 1. The number of carbonyl (C=O) groups is 1. The van der Waals surface area contributed by atoms with Gasteiger partial charge in [0, 0.05) is 6.42 Å². The summed E-state index contributed by atoms with van der Waals surface area (Å²) in [5.74, 6) is 0.473. The number of rotatable bonds is 4. The van der Waals surface area contributed by atoms with E-state index in [2.05, 4.69) is 13.8 Å². The zero-order chi connectivity index (χ0) is 11.6. The lowest BCUT2D eigenvalue weighted by molar-refractivity contribution is -0.176. The number of hydrogen-bond donors (Lipinski definition) is 0. The maximum atomic E-state index is 11.9. The van der Waals surface area contributed by atoms with Crippen molar-refractivity contribution in [1.29, 1.82) is 0 Å². The second-order valence-electron chi connectivity index (χ2n) is 5.57. The third kappa shape index (κ3) is 2.04. The zero-order valence-electron chi connectivity index (χ0n) is 10.6. The molecule has 2 rings (SSSR count). The SMILES string of the molecule is CCCC(C)OC1CC(=O)C12CCCCC2. The minimum Gasteiger partial charge on any atom is -0.374 e. The van der Waals surface area contributed by atoms with Crippen LogP contribution in [0.3, 0.4) is 0 Å². The largest absolute Gasteiger partial charge is 0.374 e. The van der Waals surface area contributed by atoms with Crippen LogP contribution in [-0.4, -0.2) is 18.0 Å². The number of carbonyl (C=O) groups excluding carboxylic acids is 1. The van der Waals surface area contributed by atoms with E-state index in [1.807, 2.05) is 0 Å². The first-order chi connectivity index (χ1) is 7.69. The van der Waals surface area contributed by atoms with E-state index in [1.54, 1.807) is 0 Å². The molecule has 0 amide bonds. The van der Waals surface area contributed by atoms with Crippen LogP contribution in [-0.2, 0) is 9.53 Å². The van der Waals surface area contributed by atoms with Crippen LogP contribution in [0, 0.1) is 5.41 Å². The molecular formula is C14H24O2. The molecule has 2 saturated carbocycles. The highest BCUT2D eigenvalue weighted by atomic mass is 16.5. The molecule has 0 aromatic rings. The Hall–Kier alpha value is -0.370. The van der Waals surface area contributed by atoms with Crippen LogP contribution < -0.4 is 0 Å². The predicted molar refractivity (Wildman–Crippen MR) is 64.4 cm³/mol. The topological polar surface area (TPSA) is 26.3 Å². The summed E-state index contributed by atoms with van der Waals surface area (Å²) in [4.78, 5) is 11.9. The van der Waals surface area contributed by atoms with Gasteiger partial charge in [-0.3, -0.25) is 4.79 Å². The van der Waals surface area contributed by atoms with E-state index < -0.39 is 0 Å². The van der Waals surface area contributed by atoms with Crippen molar-refractivity contribution in [3.63, 3.8) is 0 Å². The Kier molecular flexibility index (Phi) is 3.68. The van der Waals surface area contributed by atoms with Gasteiger partial charge in [0.15, 0.2) is 0 Å². The van der Waals surface area contributed by atoms with Crippen LogP contribution in [0.4, 0.5) is 0 Å². The Labute approximate surface area is 98.7 Å². The van der Waals surface area contributed by atoms with Gasteiger partial charge >= 0.3 is 0 Å². The predicted octanol–water partition coefficient (Wildman–Crippen LogP) is 3.48. The quantitative estimate of drug-likeness (QED) is 0.730. The summed E-state index contributed by atoms with van der Waals surface area (Å²) in [5.41, 5.74) is -0.0553. The van der Waals surface area contributed by atoms with E-state index in [-0.39, 0.29) is 11.5 Å². The molecule has 2 nitrogen and oxygen atoms in total. The van der Waals surface area contributed by atoms with E-state index in [4.69, 9.17) is 4.74 Å². The highest BCUT2D eigenvalue weighted by molar-refractivity contribution is 5.92. The van der Waals surface area contributed by atoms with Gasteiger partial charge < -0.3 is 4.74 Å². The number of Topliss-reactive ketones (excluding diaryl/α,β-unsaturated/α-hetero) is 1. The van der Waals surface area contributed by atoms with E-state index in [0.29, 0.717) is 18.3 Å². The molecule has 0 aromatic heterocycles. The summed E-state index contributed by atoms with van der Waals surface area (Å²) in [6.07, 6.45) is 9.39. The van der Waals surface area contributed by atoms with Crippen molar-refractivity contribution < 1.29 is 9.53 Å². The lowest BCUT2D eigenvalue weighted by Crippen LogP contribution is -2.57. The van der Waals surface area contributed by atoms with Gasteiger partial charge in [-0.25, -0.2) is 0 Å². The summed E-state index contributed by atoms with van der Waals surface area (Å²) in [7, 11) is 0. The summed E-state index contributed by atoms with van der Waals surface area (Å²) >= 11 is 0. The average molecular weight is 224 g/mol. The molecule has 2 unspecified atom stereocenters. The molecule has 0 aliphatic heterocycles. The molecule has 2 atom stereocenters. The third-order valence-corrected chi connectivity index (χ3v) is 4.38. The fraction of sp³-hybridized carbons (Fsp3) is 0.929. The maximum absolute atomic E-state index is 11.9. The Morgan fingerprint density at radius 2 is 2.06 bits per heavy atom. The highest BCUT2D eigenvalue weighted by Crippen LogP contribution is 2.50. The van der Waals surface area contributed by atoms with Crippen LogP contribution in [0.15, 0.2) is 0 Å². The van der Waals surface area contributed by atoms with Gasteiger partial charge in [0.05, 0.1) is 17.6 Å². The van der Waals surface area contributed by atoms with Crippen molar-refractivity contribution in [2.45, 2.75) is 77.4 Å². The average Bonchev–Trinajstić information content (AvgIpc) is 2.30. The van der Waals surface area contributed by atoms with Crippen molar-refractivity contribution in [3.8, 4) is 0 Å². The molecule has 16 heavy (non-hydrogen) atoms. The molecule has 0 aromatic carbocycles. The summed E-state index contributed by atoms with van der Waals surface area (Å²) < 4.78 is 6.07. The van der Waals surface area contributed by atoms with Crippen LogP contribution in [0.25, 0.3) is 0 Å². The molecule has 0 heterocycles. The fourth-order valence-corrected chi connectivity index (χ4v) is 3.33. The maximum Gasteiger partial charge on any atom is 0.144 e. The van der Waals surface area contributed by atoms with Crippen molar-refractivity contribution in [1.82, 2.24) is 0 Å². The Morgan fingerprint density at radius 3 is 2.62 bits per heavy atom. The second-order valence-corrected chi connectivity index (χ2v) is 5.57. The van der Waals surface area contributed by atoms with Crippen LogP contribution in [0.5, 0.6) is 0 Å². The summed E-state index contributed by atoms with van der Waals surface area (Å²) in [6, 6.07) is 0.